The van der Waals surface area contributed by atoms with Gasteiger partial charge in [-0.05, 0) is 64.8 Å². The smallest absolute Gasteiger partial charge is 0.275 e. The van der Waals surface area contributed by atoms with E-state index in [1.54, 1.807) is 0 Å². The molecule has 5 heteroatoms. The number of benzene rings is 1. The third-order valence-electron chi connectivity index (χ3n) is 5.15. The summed E-state index contributed by atoms with van der Waals surface area (Å²) in [5.74, 6) is 0. The van der Waals surface area contributed by atoms with Crippen LogP contribution in [0.3, 0.4) is 0 Å². The van der Waals surface area contributed by atoms with Gasteiger partial charge in [-0.25, -0.2) is 0 Å². The molecule has 0 bridgehead atoms. The Balaban J connectivity index is 1.69. The van der Waals surface area contributed by atoms with Crippen molar-refractivity contribution in [2.45, 2.75) is 45.6 Å². The molecular formula is C17H25N3O2. The lowest BCUT2D eigenvalue weighted by atomic mass is 10.0. The summed E-state index contributed by atoms with van der Waals surface area (Å²) >= 11 is 0. The van der Waals surface area contributed by atoms with Crippen molar-refractivity contribution in [2.24, 2.45) is 0 Å². The van der Waals surface area contributed by atoms with Crippen LogP contribution in [0.2, 0.25) is 0 Å². The summed E-state index contributed by atoms with van der Waals surface area (Å²) in [5, 5.41) is 11.1. The van der Waals surface area contributed by atoms with Gasteiger partial charge in [-0.1, -0.05) is 0 Å². The average molecular weight is 303 g/mol. The molecule has 22 heavy (non-hydrogen) atoms. The Morgan fingerprint density at radius 1 is 1.05 bits per heavy atom. The second-order valence-corrected chi connectivity index (χ2v) is 6.65. The van der Waals surface area contributed by atoms with Gasteiger partial charge < -0.3 is 9.80 Å². The van der Waals surface area contributed by atoms with Crippen molar-refractivity contribution in [2.75, 3.05) is 31.1 Å². The van der Waals surface area contributed by atoms with E-state index in [1.807, 2.05) is 26.0 Å². The lowest BCUT2D eigenvalue weighted by Crippen LogP contribution is -2.43. The first-order valence-electron chi connectivity index (χ1n) is 8.31. The largest absolute Gasteiger partial charge is 0.371 e. The number of aryl methyl sites for hydroxylation is 2. The fraction of sp³-hybridized carbons (Fsp3) is 0.647. The lowest BCUT2D eigenvalue weighted by Gasteiger charge is -2.38. The number of rotatable bonds is 3. The summed E-state index contributed by atoms with van der Waals surface area (Å²) in [4.78, 5) is 15.9. The highest BCUT2D eigenvalue weighted by atomic mass is 16.6. The quantitative estimate of drug-likeness (QED) is 0.635. The summed E-state index contributed by atoms with van der Waals surface area (Å²) < 4.78 is 0. The van der Waals surface area contributed by atoms with Crippen molar-refractivity contribution in [1.82, 2.24) is 4.90 Å². The molecule has 1 aromatic carbocycles. The predicted octanol–water partition coefficient (Wildman–Crippen LogP) is 3.28. The van der Waals surface area contributed by atoms with Crippen LogP contribution in [0.5, 0.6) is 0 Å². The fourth-order valence-corrected chi connectivity index (χ4v) is 4.00. The normalized spacial score (nSPS) is 20.5. The highest BCUT2D eigenvalue weighted by Gasteiger charge is 2.27. The molecule has 2 fully saturated rings. The standard InChI is InChI=1S/C17H25N3O2/c1-13-11-16(12-14(2)17(13)20(21)22)19-9-5-15(6-10-19)18-7-3-4-8-18/h11-12,15H,3-10H2,1-2H3. The molecule has 0 unspecified atom stereocenters. The van der Waals surface area contributed by atoms with E-state index in [-0.39, 0.29) is 10.6 Å². The molecule has 0 radical (unpaired) electrons. The van der Waals surface area contributed by atoms with Gasteiger partial charge >= 0.3 is 0 Å². The van der Waals surface area contributed by atoms with Crippen LogP contribution in [0, 0.1) is 24.0 Å². The van der Waals surface area contributed by atoms with Gasteiger partial charge in [0.2, 0.25) is 0 Å². The Morgan fingerprint density at radius 3 is 2.09 bits per heavy atom. The predicted molar refractivity (Wildman–Crippen MR) is 88.6 cm³/mol. The monoisotopic (exact) mass is 303 g/mol. The lowest BCUT2D eigenvalue weighted by molar-refractivity contribution is -0.386. The van der Waals surface area contributed by atoms with E-state index in [0.29, 0.717) is 0 Å². The molecule has 120 valence electrons. The maximum Gasteiger partial charge on any atom is 0.275 e. The van der Waals surface area contributed by atoms with Crippen LogP contribution in [-0.4, -0.2) is 42.0 Å². The summed E-state index contributed by atoms with van der Waals surface area (Å²) in [6.45, 7) is 8.31. The van der Waals surface area contributed by atoms with Crippen molar-refractivity contribution in [3.63, 3.8) is 0 Å². The Morgan fingerprint density at radius 2 is 1.59 bits per heavy atom. The molecule has 0 aromatic heterocycles. The first-order valence-corrected chi connectivity index (χ1v) is 8.31. The Hall–Kier alpha value is -1.62. The SMILES string of the molecule is Cc1cc(N2CCC(N3CCCC3)CC2)cc(C)c1[N+](=O)[O-]. The number of anilines is 1. The fourth-order valence-electron chi connectivity index (χ4n) is 4.00. The van der Waals surface area contributed by atoms with Gasteiger partial charge in [-0.15, -0.1) is 0 Å². The number of hydrogen-bond donors (Lipinski definition) is 0. The highest BCUT2D eigenvalue weighted by Crippen LogP contribution is 2.31. The molecule has 0 saturated carbocycles. The van der Waals surface area contributed by atoms with E-state index in [9.17, 15) is 10.1 Å². The molecule has 0 aliphatic carbocycles. The summed E-state index contributed by atoms with van der Waals surface area (Å²) in [6, 6.07) is 4.68. The molecule has 1 aromatic rings. The van der Waals surface area contributed by atoms with Crippen molar-refractivity contribution in [3.05, 3.63) is 33.4 Å². The summed E-state index contributed by atoms with van der Waals surface area (Å²) in [5.41, 5.74) is 2.93. The second-order valence-electron chi connectivity index (χ2n) is 6.65. The van der Waals surface area contributed by atoms with Gasteiger partial charge in [-0.3, -0.25) is 10.1 Å². The van der Waals surface area contributed by atoms with Crippen molar-refractivity contribution >= 4 is 11.4 Å². The number of piperidine rings is 1. The Labute approximate surface area is 132 Å². The number of nitro benzene ring substituents is 1. The van der Waals surface area contributed by atoms with Crippen molar-refractivity contribution in [1.29, 1.82) is 0 Å². The molecule has 0 spiro atoms. The highest BCUT2D eigenvalue weighted by molar-refractivity contribution is 5.59. The van der Waals surface area contributed by atoms with E-state index >= 15 is 0 Å². The summed E-state index contributed by atoms with van der Waals surface area (Å²) in [6.07, 6.45) is 5.10. The molecular weight excluding hydrogens is 278 g/mol. The topological polar surface area (TPSA) is 49.6 Å². The van der Waals surface area contributed by atoms with Gasteiger partial charge in [0, 0.05) is 35.9 Å². The molecule has 2 heterocycles. The third-order valence-corrected chi connectivity index (χ3v) is 5.15. The van der Waals surface area contributed by atoms with Crippen LogP contribution in [-0.2, 0) is 0 Å². The maximum atomic E-state index is 11.1. The van der Waals surface area contributed by atoms with Crippen LogP contribution >= 0.6 is 0 Å². The van der Waals surface area contributed by atoms with Crippen LogP contribution in [0.15, 0.2) is 12.1 Å². The third kappa shape index (κ3) is 2.95. The van der Waals surface area contributed by atoms with Crippen molar-refractivity contribution in [3.8, 4) is 0 Å². The molecule has 0 amide bonds. The minimum Gasteiger partial charge on any atom is -0.371 e. The number of nitrogens with zero attached hydrogens (tertiary/aromatic N) is 3. The number of likely N-dealkylation sites (tertiary alicyclic amines) is 1. The Kier molecular flexibility index (Phi) is 4.34. The first-order chi connectivity index (χ1) is 10.6. The van der Waals surface area contributed by atoms with Crippen molar-refractivity contribution < 1.29 is 4.92 Å². The van der Waals surface area contributed by atoms with E-state index in [2.05, 4.69) is 9.80 Å². The van der Waals surface area contributed by atoms with E-state index in [1.165, 1.54) is 38.8 Å². The minimum atomic E-state index is -0.270. The first kappa shape index (κ1) is 15.3. The second kappa shape index (κ2) is 6.24. The molecule has 2 aliphatic rings. The molecule has 2 saturated heterocycles. The minimum absolute atomic E-state index is 0.260. The number of hydrogen-bond acceptors (Lipinski definition) is 4. The van der Waals surface area contributed by atoms with E-state index in [4.69, 9.17) is 0 Å². The van der Waals surface area contributed by atoms with Gasteiger partial charge in [-0.2, -0.15) is 0 Å². The molecule has 2 aliphatic heterocycles. The Bertz CT molecular complexity index is 536. The van der Waals surface area contributed by atoms with E-state index in [0.717, 1.165) is 35.9 Å². The average Bonchev–Trinajstić information content (AvgIpc) is 3.00. The van der Waals surface area contributed by atoms with Crippen LogP contribution in [0.4, 0.5) is 11.4 Å². The molecule has 3 rings (SSSR count). The van der Waals surface area contributed by atoms with E-state index < -0.39 is 0 Å². The van der Waals surface area contributed by atoms with Gasteiger partial charge in [0.15, 0.2) is 0 Å². The summed E-state index contributed by atoms with van der Waals surface area (Å²) in [7, 11) is 0. The van der Waals surface area contributed by atoms with Crippen LogP contribution < -0.4 is 4.90 Å². The zero-order valence-corrected chi connectivity index (χ0v) is 13.5. The molecule has 5 nitrogen and oxygen atoms in total. The molecule has 0 atom stereocenters. The van der Waals surface area contributed by atoms with Crippen LogP contribution in [0.1, 0.15) is 36.8 Å². The van der Waals surface area contributed by atoms with Gasteiger partial charge in [0.05, 0.1) is 4.92 Å². The zero-order chi connectivity index (χ0) is 15.7. The number of nitro groups is 1. The maximum absolute atomic E-state index is 11.1. The molecule has 0 N–H and O–H groups in total. The van der Waals surface area contributed by atoms with Crippen LogP contribution in [0.25, 0.3) is 0 Å². The van der Waals surface area contributed by atoms with Gasteiger partial charge in [0.1, 0.15) is 0 Å². The van der Waals surface area contributed by atoms with Gasteiger partial charge in [0.25, 0.3) is 5.69 Å². The zero-order valence-electron chi connectivity index (χ0n) is 13.5.